The average Bonchev–Trinajstić information content (AvgIpc) is 2.82. The van der Waals surface area contributed by atoms with Gasteiger partial charge in [-0.05, 0) is 54.9 Å². The first kappa shape index (κ1) is 16.5. The van der Waals surface area contributed by atoms with E-state index in [1.165, 1.54) is 0 Å². The fourth-order valence-electron chi connectivity index (χ4n) is 1.60. The Bertz CT molecular complexity index is 606. The molecular formula is C15H18Br2N2O2. The summed E-state index contributed by atoms with van der Waals surface area (Å²) in [5, 5.41) is 7.40. The van der Waals surface area contributed by atoms with Gasteiger partial charge in [0.2, 0.25) is 0 Å². The van der Waals surface area contributed by atoms with E-state index in [1.54, 1.807) is 0 Å². The molecule has 0 spiro atoms. The molecule has 0 radical (unpaired) electrons. The summed E-state index contributed by atoms with van der Waals surface area (Å²) in [5.41, 5.74) is 0.927. The van der Waals surface area contributed by atoms with E-state index in [9.17, 15) is 0 Å². The highest BCUT2D eigenvalue weighted by molar-refractivity contribution is 9.11. The van der Waals surface area contributed by atoms with Gasteiger partial charge in [-0.15, -0.1) is 0 Å². The minimum absolute atomic E-state index is 0.0535. The second-order valence-corrected chi connectivity index (χ2v) is 7.52. The minimum Gasteiger partial charge on any atom is -0.484 e. The van der Waals surface area contributed by atoms with Crippen molar-refractivity contribution in [3.63, 3.8) is 0 Å². The fourth-order valence-corrected chi connectivity index (χ4v) is 2.77. The lowest BCUT2D eigenvalue weighted by Crippen LogP contribution is -2.35. The molecule has 0 fully saturated rings. The van der Waals surface area contributed by atoms with E-state index in [0.29, 0.717) is 18.9 Å². The SMILES string of the molecule is CC(C)(C)NCc1cc(COc2ccc(Br)cc2Br)on1. The summed E-state index contributed by atoms with van der Waals surface area (Å²) < 4.78 is 12.9. The molecule has 0 bridgehead atoms. The third-order valence-electron chi connectivity index (χ3n) is 2.67. The molecule has 114 valence electrons. The molecule has 0 aliphatic heterocycles. The second kappa shape index (κ2) is 6.94. The van der Waals surface area contributed by atoms with Crippen LogP contribution in [-0.2, 0) is 13.2 Å². The van der Waals surface area contributed by atoms with Gasteiger partial charge in [0.15, 0.2) is 5.76 Å². The first-order valence-corrected chi connectivity index (χ1v) is 8.19. The maximum atomic E-state index is 5.71. The van der Waals surface area contributed by atoms with Gasteiger partial charge in [-0.2, -0.15) is 0 Å². The lowest BCUT2D eigenvalue weighted by atomic mass is 10.1. The molecule has 1 N–H and O–H groups in total. The smallest absolute Gasteiger partial charge is 0.174 e. The lowest BCUT2D eigenvalue weighted by Gasteiger charge is -2.19. The monoisotopic (exact) mass is 416 g/mol. The van der Waals surface area contributed by atoms with Crippen LogP contribution >= 0.6 is 31.9 Å². The van der Waals surface area contributed by atoms with Gasteiger partial charge in [-0.1, -0.05) is 21.1 Å². The quantitative estimate of drug-likeness (QED) is 0.767. The van der Waals surface area contributed by atoms with Gasteiger partial charge in [-0.25, -0.2) is 0 Å². The van der Waals surface area contributed by atoms with E-state index in [4.69, 9.17) is 9.26 Å². The van der Waals surface area contributed by atoms with Crippen LogP contribution in [0, 0.1) is 0 Å². The number of rotatable bonds is 5. The largest absolute Gasteiger partial charge is 0.484 e. The van der Waals surface area contributed by atoms with E-state index < -0.39 is 0 Å². The van der Waals surface area contributed by atoms with E-state index in [2.05, 4.69) is 63.1 Å². The molecule has 1 aromatic carbocycles. The van der Waals surface area contributed by atoms with Crippen LogP contribution < -0.4 is 10.1 Å². The average molecular weight is 418 g/mol. The zero-order chi connectivity index (χ0) is 15.5. The number of benzene rings is 1. The predicted molar refractivity (Wildman–Crippen MR) is 89.3 cm³/mol. The minimum atomic E-state index is 0.0535. The second-order valence-electron chi connectivity index (χ2n) is 5.75. The molecule has 0 amide bonds. The molecule has 1 heterocycles. The molecule has 2 rings (SSSR count). The van der Waals surface area contributed by atoms with Crippen molar-refractivity contribution in [2.75, 3.05) is 0 Å². The zero-order valence-electron chi connectivity index (χ0n) is 12.2. The molecule has 0 saturated carbocycles. The molecule has 6 heteroatoms. The van der Waals surface area contributed by atoms with E-state index in [-0.39, 0.29) is 5.54 Å². The summed E-state index contributed by atoms with van der Waals surface area (Å²) >= 11 is 6.87. The van der Waals surface area contributed by atoms with Crippen LogP contribution in [0.4, 0.5) is 0 Å². The molecule has 1 aromatic heterocycles. The summed E-state index contributed by atoms with van der Waals surface area (Å²) in [4.78, 5) is 0. The van der Waals surface area contributed by atoms with E-state index >= 15 is 0 Å². The highest BCUT2D eigenvalue weighted by atomic mass is 79.9. The van der Waals surface area contributed by atoms with Crippen molar-refractivity contribution in [3.05, 3.63) is 44.7 Å². The molecule has 0 saturated heterocycles. The summed E-state index contributed by atoms with van der Waals surface area (Å²) in [6.45, 7) is 7.37. The van der Waals surface area contributed by atoms with Crippen molar-refractivity contribution in [1.29, 1.82) is 0 Å². The Morgan fingerprint density at radius 2 is 2.00 bits per heavy atom. The lowest BCUT2D eigenvalue weighted by molar-refractivity contribution is 0.247. The first-order chi connectivity index (χ1) is 9.83. The third kappa shape index (κ3) is 5.45. The maximum Gasteiger partial charge on any atom is 0.174 e. The highest BCUT2D eigenvalue weighted by Crippen LogP contribution is 2.28. The molecule has 2 aromatic rings. The number of hydrogen-bond donors (Lipinski definition) is 1. The number of hydrogen-bond acceptors (Lipinski definition) is 4. The summed E-state index contributed by atoms with van der Waals surface area (Å²) in [6, 6.07) is 7.67. The fraction of sp³-hybridized carbons (Fsp3) is 0.400. The van der Waals surface area contributed by atoms with Gasteiger partial charge in [0.25, 0.3) is 0 Å². The topological polar surface area (TPSA) is 47.3 Å². The van der Waals surface area contributed by atoms with Gasteiger partial charge in [0.1, 0.15) is 12.4 Å². The molecule has 21 heavy (non-hydrogen) atoms. The van der Waals surface area contributed by atoms with Gasteiger partial charge in [0, 0.05) is 22.6 Å². The van der Waals surface area contributed by atoms with Crippen LogP contribution in [0.2, 0.25) is 0 Å². The molecule has 0 aliphatic rings. The standard InChI is InChI=1S/C15H18Br2N2O2/c1-15(2,3)18-8-11-7-12(21-19-11)9-20-14-5-4-10(16)6-13(14)17/h4-7,18H,8-9H2,1-3H3. The summed E-state index contributed by atoms with van der Waals surface area (Å²) in [5.74, 6) is 1.47. The number of nitrogens with zero attached hydrogens (tertiary/aromatic N) is 1. The third-order valence-corrected chi connectivity index (χ3v) is 3.78. The Balaban J connectivity index is 1.90. The van der Waals surface area contributed by atoms with E-state index in [0.717, 1.165) is 20.4 Å². The van der Waals surface area contributed by atoms with Crippen LogP contribution in [-0.4, -0.2) is 10.7 Å². The van der Waals surface area contributed by atoms with Crippen molar-refractivity contribution >= 4 is 31.9 Å². The van der Waals surface area contributed by atoms with Crippen LogP contribution in [0.25, 0.3) is 0 Å². The van der Waals surface area contributed by atoms with Gasteiger partial charge < -0.3 is 14.6 Å². The Hall–Kier alpha value is -0.850. The first-order valence-electron chi connectivity index (χ1n) is 6.61. The predicted octanol–water partition coefficient (Wildman–Crippen LogP) is 4.67. The molecule has 0 atom stereocenters. The van der Waals surface area contributed by atoms with Crippen LogP contribution in [0.15, 0.2) is 37.7 Å². The molecule has 0 unspecified atom stereocenters. The Labute approximate surface area is 141 Å². The van der Waals surface area contributed by atoms with Crippen molar-refractivity contribution in [3.8, 4) is 5.75 Å². The normalized spacial score (nSPS) is 11.7. The van der Waals surface area contributed by atoms with Crippen molar-refractivity contribution in [2.24, 2.45) is 0 Å². The van der Waals surface area contributed by atoms with Gasteiger partial charge >= 0.3 is 0 Å². The van der Waals surface area contributed by atoms with Crippen molar-refractivity contribution in [2.45, 2.75) is 39.5 Å². The summed E-state index contributed by atoms with van der Waals surface area (Å²) in [7, 11) is 0. The zero-order valence-corrected chi connectivity index (χ0v) is 15.4. The molecule has 0 aliphatic carbocycles. The molecule has 4 nitrogen and oxygen atoms in total. The van der Waals surface area contributed by atoms with Gasteiger partial charge in [0.05, 0.1) is 10.2 Å². The highest BCUT2D eigenvalue weighted by Gasteiger charge is 2.11. The van der Waals surface area contributed by atoms with Crippen molar-refractivity contribution in [1.82, 2.24) is 10.5 Å². The maximum absolute atomic E-state index is 5.71. The Morgan fingerprint density at radius 3 is 2.67 bits per heavy atom. The Kier molecular flexibility index (Phi) is 5.46. The van der Waals surface area contributed by atoms with Gasteiger partial charge in [-0.3, -0.25) is 0 Å². The Morgan fingerprint density at radius 1 is 1.24 bits per heavy atom. The van der Waals surface area contributed by atoms with Crippen LogP contribution in [0.5, 0.6) is 5.75 Å². The number of aromatic nitrogens is 1. The number of halogens is 2. The summed E-state index contributed by atoms with van der Waals surface area (Å²) in [6.07, 6.45) is 0. The number of ether oxygens (including phenoxy) is 1. The van der Waals surface area contributed by atoms with Crippen LogP contribution in [0.1, 0.15) is 32.2 Å². The van der Waals surface area contributed by atoms with Crippen molar-refractivity contribution < 1.29 is 9.26 Å². The van der Waals surface area contributed by atoms with E-state index in [1.807, 2.05) is 24.3 Å². The molecular weight excluding hydrogens is 400 g/mol. The number of nitrogens with one attached hydrogen (secondary N) is 1. The van der Waals surface area contributed by atoms with Crippen LogP contribution in [0.3, 0.4) is 0 Å².